The van der Waals surface area contributed by atoms with Crippen LogP contribution in [0, 0.1) is 0 Å². The molecule has 2 aliphatic carbocycles. The summed E-state index contributed by atoms with van der Waals surface area (Å²) >= 11 is 0. The van der Waals surface area contributed by atoms with E-state index in [9.17, 15) is 4.79 Å². The Bertz CT molecular complexity index is 1450. The zero-order chi connectivity index (χ0) is 17.3. The molecule has 0 aliphatic heterocycles. The molecule has 0 spiro atoms. The van der Waals surface area contributed by atoms with E-state index >= 15 is 0 Å². The van der Waals surface area contributed by atoms with Crippen LogP contribution in [0.25, 0.3) is 44.8 Å². The number of hydrogen-bond donors (Lipinski definition) is 0. The number of hydrogen-bond acceptors (Lipinski definition) is 4. The monoisotopic (exact) mass is 333 g/mol. The van der Waals surface area contributed by atoms with Crippen molar-refractivity contribution >= 4 is 39.5 Å². The van der Waals surface area contributed by atoms with E-state index in [-0.39, 0.29) is 5.78 Å². The minimum atomic E-state index is 0.0203. The Hall–Kier alpha value is -3.66. The maximum Gasteiger partial charge on any atom is 0.187 e. The quantitative estimate of drug-likeness (QED) is 0.409. The van der Waals surface area contributed by atoms with E-state index in [0.717, 1.165) is 49.0 Å². The molecule has 0 saturated carbocycles. The standard InChI is InChI=1S/C22H11N3O/c26-20-7-3-6-14-15-8-12-4-1-2-5-13(12)9-16(15)17-10-19-18(11-23-25-24-19)21(17)22(14)20/h1-11H. The molecule has 120 valence electrons. The number of rotatable bonds is 0. The number of carbonyl (C=O) groups excluding carboxylic acids is 1. The van der Waals surface area contributed by atoms with Crippen LogP contribution >= 0.6 is 0 Å². The molecule has 1 heterocycles. The van der Waals surface area contributed by atoms with Crippen LogP contribution in [-0.2, 0) is 0 Å². The number of carbonyl (C=O) groups is 1. The molecule has 0 N–H and O–H groups in total. The van der Waals surface area contributed by atoms with Gasteiger partial charge in [0, 0.05) is 16.7 Å². The van der Waals surface area contributed by atoms with Gasteiger partial charge < -0.3 is 0 Å². The summed E-state index contributed by atoms with van der Waals surface area (Å²) in [6.45, 7) is 0. The van der Waals surface area contributed by atoms with E-state index in [1.54, 1.807) is 12.3 Å². The lowest BCUT2D eigenvalue weighted by Crippen LogP contribution is -2.24. The van der Waals surface area contributed by atoms with Crippen molar-refractivity contribution in [2.75, 3.05) is 0 Å². The SMILES string of the molecule is O=C1C=CC=c2c1c1c(c3cc4ccccc4cc23)=Cc2nnncc2-1. The second kappa shape index (κ2) is 4.70. The number of nitrogens with zero attached hydrogens (tertiary/aromatic N) is 3. The van der Waals surface area contributed by atoms with Gasteiger partial charge in [-0.2, -0.15) is 0 Å². The second-order valence-electron chi connectivity index (χ2n) is 6.59. The molecule has 4 aromatic rings. The van der Waals surface area contributed by atoms with Gasteiger partial charge in [-0.3, -0.25) is 4.79 Å². The average Bonchev–Trinajstić information content (AvgIpc) is 3.06. The van der Waals surface area contributed by atoms with E-state index < -0.39 is 0 Å². The van der Waals surface area contributed by atoms with Crippen LogP contribution in [0.4, 0.5) is 0 Å². The van der Waals surface area contributed by atoms with Crippen LogP contribution < -0.4 is 10.4 Å². The molecule has 2 aliphatic rings. The third kappa shape index (κ3) is 1.63. The summed E-state index contributed by atoms with van der Waals surface area (Å²) in [5.74, 6) is 0.0203. The van der Waals surface area contributed by atoms with Gasteiger partial charge in [0.25, 0.3) is 0 Å². The highest BCUT2D eigenvalue weighted by molar-refractivity contribution is 6.16. The zero-order valence-corrected chi connectivity index (χ0v) is 13.6. The maximum atomic E-state index is 12.8. The zero-order valence-electron chi connectivity index (χ0n) is 13.6. The summed E-state index contributed by atoms with van der Waals surface area (Å²) in [6, 6.07) is 12.7. The number of aromatic nitrogens is 3. The van der Waals surface area contributed by atoms with Crippen molar-refractivity contribution in [1.29, 1.82) is 0 Å². The summed E-state index contributed by atoms with van der Waals surface area (Å²) in [6.07, 6.45) is 9.18. The largest absolute Gasteiger partial charge is 0.289 e. The highest BCUT2D eigenvalue weighted by atomic mass is 16.1. The van der Waals surface area contributed by atoms with Crippen LogP contribution in [0.3, 0.4) is 0 Å². The van der Waals surface area contributed by atoms with Crippen molar-refractivity contribution in [2.24, 2.45) is 0 Å². The highest BCUT2D eigenvalue weighted by Crippen LogP contribution is 2.30. The Morgan fingerprint density at radius 2 is 1.65 bits per heavy atom. The normalized spacial score (nSPS) is 13.9. The van der Waals surface area contributed by atoms with E-state index in [1.165, 1.54) is 5.39 Å². The molecule has 1 aromatic heterocycles. The van der Waals surface area contributed by atoms with Gasteiger partial charge in [0.15, 0.2) is 5.78 Å². The van der Waals surface area contributed by atoms with Crippen LogP contribution in [0.15, 0.2) is 54.7 Å². The molecule has 0 atom stereocenters. The van der Waals surface area contributed by atoms with E-state index in [0.29, 0.717) is 0 Å². The summed E-state index contributed by atoms with van der Waals surface area (Å²) in [5.41, 5.74) is 3.29. The lowest BCUT2D eigenvalue weighted by Gasteiger charge is -2.13. The summed E-state index contributed by atoms with van der Waals surface area (Å²) in [5, 5.41) is 18.4. The average molecular weight is 333 g/mol. The Kier molecular flexibility index (Phi) is 2.46. The minimum Gasteiger partial charge on any atom is -0.289 e. The van der Waals surface area contributed by atoms with Crippen molar-refractivity contribution in [2.45, 2.75) is 0 Å². The minimum absolute atomic E-state index is 0.0203. The van der Waals surface area contributed by atoms with Crippen molar-refractivity contribution < 1.29 is 4.79 Å². The first kappa shape index (κ1) is 13.6. The molecule has 26 heavy (non-hydrogen) atoms. The molecule has 6 rings (SSSR count). The molecule has 0 amide bonds. The predicted octanol–water partition coefficient (Wildman–Crippen LogP) is 2.52. The number of ketones is 1. The van der Waals surface area contributed by atoms with Gasteiger partial charge in [0.05, 0.1) is 11.9 Å². The topological polar surface area (TPSA) is 55.7 Å². The first-order valence-corrected chi connectivity index (χ1v) is 8.43. The Morgan fingerprint density at radius 3 is 2.46 bits per heavy atom. The first-order chi connectivity index (χ1) is 12.8. The van der Waals surface area contributed by atoms with Crippen molar-refractivity contribution in [3.63, 3.8) is 0 Å². The smallest absolute Gasteiger partial charge is 0.187 e. The van der Waals surface area contributed by atoms with Gasteiger partial charge in [0.1, 0.15) is 0 Å². The second-order valence-corrected chi connectivity index (χ2v) is 6.59. The third-order valence-electron chi connectivity index (χ3n) is 5.23. The molecule has 4 heteroatoms. The van der Waals surface area contributed by atoms with Crippen molar-refractivity contribution in [1.82, 2.24) is 15.4 Å². The Morgan fingerprint density at radius 1 is 0.885 bits per heavy atom. The number of allylic oxidation sites excluding steroid dienone is 2. The molecule has 3 aromatic carbocycles. The molecule has 0 saturated heterocycles. The van der Waals surface area contributed by atoms with E-state index in [1.807, 2.05) is 30.4 Å². The van der Waals surface area contributed by atoms with Gasteiger partial charge in [0.2, 0.25) is 0 Å². The lowest BCUT2D eigenvalue weighted by atomic mass is 9.88. The summed E-state index contributed by atoms with van der Waals surface area (Å²) in [4.78, 5) is 12.8. The van der Waals surface area contributed by atoms with Crippen LogP contribution in [-0.4, -0.2) is 21.2 Å². The van der Waals surface area contributed by atoms with Crippen LogP contribution in [0.2, 0.25) is 0 Å². The number of fused-ring (bicyclic) bond motifs is 9. The van der Waals surface area contributed by atoms with Crippen molar-refractivity contribution in [3.05, 3.63) is 76.4 Å². The fraction of sp³-hybridized carbons (Fsp3) is 0. The molecule has 4 nitrogen and oxygen atoms in total. The van der Waals surface area contributed by atoms with Gasteiger partial charge in [-0.1, -0.05) is 36.4 Å². The fourth-order valence-corrected chi connectivity index (χ4v) is 4.11. The fourth-order valence-electron chi connectivity index (χ4n) is 4.11. The lowest BCUT2D eigenvalue weighted by molar-refractivity contribution is 0.104. The Balaban J connectivity index is 1.94. The van der Waals surface area contributed by atoms with E-state index in [2.05, 4.69) is 39.7 Å². The van der Waals surface area contributed by atoms with Gasteiger partial charge in [-0.05, 0) is 61.5 Å². The number of benzene rings is 3. The van der Waals surface area contributed by atoms with Crippen LogP contribution in [0.1, 0.15) is 16.1 Å². The molecule has 0 bridgehead atoms. The molecular weight excluding hydrogens is 322 g/mol. The van der Waals surface area contributed by atoms with Crippen LogP contribution in [0.5, 0.6) is 0 Å². The van der Waals surface area contributed by atoms with E-state index in [4.69, 9.17) is 0 Å². The van der Waals surface area contributed by atoms with Gasteiger partial charge in [-0.25, -0.2) is 0 Å². The third-order valence-corrected chi connectivity index (χ3v) is 5.23. The molecule has 0 unspecified atom stereocenters. The predicted molar refractivity (Wildman–Crippen MR) is 101 cm³/mol. The molecule has 0 radical (unpaired) electrons. The highest BCUT2D eigenvalue weighted by Gasteiger charge is 2.25. The molecule has 0 fully saturated rings. The molecular formula is C22H11N3O. The summed E-state index contributed by atoms with van der Waals surface area (Å²) < 4.78 is 0. The maximum absolute atomic E-state index is 12.8. The summed E-state index contributed by atoms with van der Waals surface area (Å²) in [7, 11) is 0. The van der Waals surface area contributed by atoms with Gasteiger partial charge >= 0.3 is 0 Å². The van der Waals surface area contributed by atoms with Crippen molar-refractivity contribution in [3.8, 4) is 11.1 Å². The first-order valence-electron chi connectivity index (χ1n) is 8.43. The van der Waals surface area contributed by atoms with Gasteiger partial charge in [-0.15, -0.1) is 10.2 Å². The Labute approximate surface area is 147 Å².